The molecular weight excluding hydrogens is 282 g/mol. The van der Waals surface area contributed by atoms with Crippen LogP contribution in [0.15, 0.2) is 39.4 Å². The van der Waals surface area contributed by atoms with Crippen molar-refractivity contribution >= 4 is 27.3 Å². The highest BCUT2D eigenvalue weighted by atomic mass is 79.9. The van der Waals surface area contributed by atoms with Crippen molar-refractivity contribution in [1.82, 2.24) is 9.38 Å². The first-order chi connectivity index (χ1) is 8.16. The Kier molecular flexibility index (Phi) is 2.22. The number of furan rings is 1. The molecule has 3 aromatic heterocycles. The van der Waals surface area contributed by atoms with E-state index in [2.05, 4.69) is 20.9 Å². The van der Waals surface area contributed by atoms with Gasteiger partial charge in [-0.05, 0) is 47.1 Å². The normalized spacial score (nSPS) is 11.2. The van der Waals surface area contributed by atoms with Gasteiger partial charge in [0.25, 0.3) is 0 Å². The Morgan fingerprint density at radius 3 is 2.82 bits per heavy atom. The van der Waals surface area contributed by atoms with Crippen LogP contribution in [-0.4, -0.2) is 9.38 Å². The van der Waals surface area contributed by atoms with Crippen molar-refractivity contribution in [3.63, 3.8) is 0 Å². The summed E-state index contributed by atoms with van der Waals surface area (Å²) in [5.41, 5.74) is 6.90. The number of aromatic nitrogens is 2. The van der Waals surface area contributed by atoms with Crippen LogP contribution < -0.4 is 5.73 Å². The Bertz CT molecular complexity index is 699. The Labute approximate surface area is 106 Å². The smallest absolute Gasteiger partial charge is 0.183 e. The van der Waals surface area contributed by atoms with Crippen molar-refractivity contribution in [1.29, 1.82) is 0 Å². The van der Waals surface area contributed by atoms with Crippen LogP contribution >= 0.6 is 15.9 Å². The standard InChI is InChI=1S/C12H10BrN3O/c1-7-5-6-9(17-7)12-15-11(13)8-3-2-4-10(14)16(8)12/h2-6H,14H2,1H3. The van der Waals surface area contributed by atoms with Crippen molar-refractivity contribution in [3.8, 4) is 11.6 Å². The fourth-order valence-corrected chi connectivity index (χ4v) is 2.32. The van der Waals surface area contributed by atoms with E-state index < -0.39 is 0 Å². The summed E-state index contributed by atoms with van der Waals surface area (Å²) in [5, 5.41) is 0. The zero-order chi connectivity index (χ0) is 12.0. The molecule has 0 unspecified atom stereocenters. The average Bonchev–Trinajstić information content (AvgIpc) is 2.85. The molecule has 4 nitrogen and oxygen atoms in total. The number of anilines is 1. The highest BCUT2D eigenvalue weighted by molar-refractivity contribution is 9.10. The van der Waals surface area contributed by atoms with Crippen LogP contribution in [-0.2, 0) is 0 Å². The van der Waals surface area contributed by atoms with Gasteiger partial charge in [0.2, 0.25) is 0 Å². The van der Waals surface area contributed by atoms with E-state index in [9.17, 15) is 0 Å². The lowest BCUT2D eigenvalue weighted by atomic mass is 10.4. The minimum atomic E-state index is 0.629. The maximum Gasteiger partial charge on any atom is 0.183 e. The summed E-state index contributed by atoms with van der Waals surface area (Å²) in [5.74, 6) is 2.89. The maximum absolute atomic E-state index is 5.97. The van der Waals surface area contributed by atoms with E-state index >= 15 is 0 Å². The van der Waals surface area contributed by atoms with Gasteiger partial charge in [0.1, 0.15) is 16.2 Å². The number of imidazole rings is 1. The average molecular weight is 292 g/mol. The van der Waals surface area contributed by atoms with E-state index in [0.29, 0.717) is 17.4 Å². The molecule has 0 spiro atoms. The minimum Gasteiger partial charge on any atom is -0.458 e. The highest BCUT2D eigenvalue weighted by Crippen LogP contribution is 2.29. The van der Waals surface area contributed by atoms with Crippen molar-refractivity contribution in [2.45, 2.75) is 6.92 Å². The number of aryl methyl sites for hydroxylation is 1. The second-order valence-electron chi connectivity index (χ2n) is 3.81. The quantitative estimate of drug-likeness (QED) is 0.749. The van der Waals surface area contributed by atoms with Crippen LogP contribution in [0.3, 0.4) is 0 Å². The second-order valence-corrected chi connectivity index (χ2v) is 4.56. The van der Waals surface area contributed by atoms with Crippen LogP contribution in [0.4, 0.5) is 5.82 Å². The monoisotopic (exact) mass is 291 g/mol. The van der Waals surface area contributed by atoms with E-state index in [1.165, 1.54) is 0 Å². The van der Waals surface area contributed by atoms with Crippen molar-refractivity contribution in [3.05, 3.63) is 40.7 Å². The number of pyridine rings is 1. The predicted octanol–water partition coefficient (Wildman–Crippen LogP) is 3.25. The number of hydrogen-bond acceptors (Lipinski definition) is 3. The molecule has 0 radical (unpaired) electrons. The molecule has 0 aliphatic rings. The molecule has 5 heteroatoms. The Morgan fingerprint density at radius 1 is 1.29 bits per heavy atom. The molecule has 3 aromatic rings. The minimum absolute atomic E-state index is 0.629. The van der Waals surface area contributed by atoms with Crippen LogP contribution in [0, 0.1) is 6.92 Å². The lowest BCUT2D eigenvalue weighted by molar-refractivity contribution is 0.544. The third-order valence-corrected chi connectivity index (χ3v) is 3.19. The Hall–Kier alpha value is -1.75. The molecule has 3 heterocycles. The lowest BCUT2D eigenvalue weighted by Gasteiger charge is -2.02. The third kappa shape index (κ3) is 1.54. The van der Waals surface area contributed by atoms with Gasteiger partial charge in [-0.2, -0.15) is 0 Å². The van der Waals surface area contributed by atoms with Gasteiger partial charge in [-0.3, -0.25) is 4.40 Å². The molecule has 3 rings (SSSR count). The van der Waals surface area contributed by atoms with E-state index in [4.69, 9.17) is 10.2 Å². The van der Waals surface area contributed by atoms with Gasteiger partial charge in [-0.1, -0.05) is 6.07 Å². The molecule has 2 N–H and O–H groups in total. The fraction of sp³-hybridized carbons (Fsp3) is 0.0833. The molecule has 0 bridgehead atoms. The molecule has 0 aromatic carbocycles. The number of nitrogens with zero attached hydrogens (tertiary/aromatic N) is 2. The summed E-state index contributed by atoms with van der Waals surface area (Å²) < 4.78 is 8.21. The van der Waals surface area contributed by atoms with Gasteiger partial charge < -0.3 is 10.2 Å². The predicted molar refractivity (Wildman–Crippen MR) is 69.7 cm³/mol. The van der Waals surface area contributed by atoms with Gasteiger partial charge in [0.05, 0.1) is 5.52 Å². The van der Waals surface area contributed by atoms with E-state index in [-0.39, 0.29) is 0 Å². The van der Waals surface area contributed by atoms with Crippen molar-refractivity contribution in [2.75, 3.05) is 5.73 Å². The lowest BCUT2D eigenvalue weighted by Crippen LogP contribution is -1.97. The molecule has 0 saturated carbocycles. The maximum atomic E-state index is 5.97. The Morgan fingerprint density at radius 2 is 2.12 bits per heavy atom. The van der Waals surface area contributed by atoms with Gasteiger partial charge in [-0.15, -0.1) is 0 Å². The number of rotatable bonds is 1. The van der Waals surface area contributed by atoms with Crippen molar-refractivity contribution in [2.24, 2.45) is 0 Å². The molecular formula is C12H10BrN3O. The summed E-state index contributed by atoms with van der Waals surface area (Å²) in [6.45, 7) is 1.90. The van der Waals surface area contributed by atoms with Crippen LogP contribution in [0.1, 0.15) is 5.76 Å². The van der Waals surface area contributed by atoms with Gasteiger partial charge in [0.15, 0.2) is 11.6 Å². The fourth-order valence-electron chi connectivity index (χ4n) is 1.84. The molecule has 0 fully saturated rings. The SMILES string of the molecule is Cc1ccc(-c2nc(Br)c3cccc(N)n23)o1. The molecule has 86 valence electrons. The number of halogens is 1. The first-order valence-corrected chi connectivity index (χ1v) is 5.95. The Balaban J connectivity index is 2.37. The van der Waals surface area contributed by atoms with E-state index in [0.717, 1.165) is 15.9 Å². The molecule has 0 amide bonds. The van der Waals surface area contributed by atoms with Crippen LogP contribution in [0.2, 0.25) is 0 Å². The van der Waals surface area contributed by atoms with Gasteiger partial charge in [0, 0.05) is 0 Å². The molecule has 0 atom stereocenters. The largest absolute Gasteiger partial charge is 0.458 e. The number of nitrogens with two attached hydrogens (primary N) is 1. The third-order valence-electron chi connectivity index (χ3n) is 2.61. The van der Waals surface area contributed by atoms with E-state index in [1.54, 1.807) is 0 Å². The number of nitrogen functional groups attached to an aromatic ring is 1. The summed E-state index contributed by atoms with van der Waals surface area (Å²) >= 11 is 3.43. The van der Waals surface area contributed by atoms with E-state index in [1.807, 2.05) is 41.7 Å². The molecule has 0 aliphatic carbocycles. The van der Waals surface area contributed by atoms with Crippen LogP contribution in [0.5, 0.6) is 0 Å². The second kappa shape index (κ2) is 3.63. The molecule has 17 heavy (non-hydrogen) atoms. The molecule has 0 saturated heterocycles. The zero-order valence-corrected chi connectivity index (χ0v) is 10.7. The summed E-state index contributed by atoms with van der Waals surface area (Å²) in [4.78, 5) is 4.44. The van der Waals surface area contributed by atoms with Gasteiger partial charge in [-0.25, -0.2) is 4.98 Å². The topological polar surface area (TPSA) is 56.5 Å². The highest BCUT2D eigenvalue weighted by Gasteiger charge is 2.15. The summed E-state index contributed by atoms with van der Waals surface area (Å²) in [6, 6.07) is 9.48. The summed E-state index contributed by atoms with van der Waals surface area (Å²) in [7, 11) is 0. The first-order valence-electron chi connectivity index (χ1n) is 5.16. The summed E-state index contributed by atoms with van der Waals surface area (Å²) in [6.07, 6.45) is 0. The van der Waals surface area contributed by atoms with Gasteiger partial charge >= 0.3 is 0 Å². The van der Waals surface area contributed by atoms with Crippen molar-refractivity contribution < 1.29 is 4.42 Å². The number of hydrogen-bond donors (Lipinski definition) is 1. The zero-order valence-electron chi connectivity index (χ0n) is 9.14. The van der Waals surface area contributed by atoms with Crippen LogP contribution in [0.25, 0.3) is 17.1 Å². The number of fused-ring (bicyclic) bond motifs is 1. The molecule has 0 aliphatic heterocycles. The first kappa shape index (κ1) is 10.4.